The number of nitrogens with one attached hydrogen (secondary N) is 1. The van der Waals surface area contributed by atoms with E-state index in [4.69, 9.17) is 4.74 Å². The number of hydrogen-bond donors (Lipinski definition) is 1. The zero-order valence-corrected chi connectivity index (χ0v) is 16.8. The van der Waals surface area contributed by atoms with Gasteiger partial charge in [-0.25, -0.2) is 4.98 Å². The van der Waals surface area contributed by atoms with E-state index >= 15 is 0 Å². The van der Waals surface area contributed by atoms with Crippen molar-refractivity contribution in [2.24, 2.45) is 5.41 Å². The van der Waals surface area contributed by atoms with E-state index in [-0.39, 0.29) is 24.8 Å². The molecule has 2 fully saturated rings. The summed E-state index contributed by atoms with van der Waals surface area (Å²) in [5, 5.41) is 3.49. The highest BCUT2D eigenvalue weighted by Crippen LogP contribution is 2.39. The third-order valence-corrected chi connectivity index (χ3v) is 5.61. The van der Waals surface area contributed by atoms with Gasteiger partial charge in [-0.05, 0) is 68.6 Å². The number of aromatic nitrogens is 2. The van der Waals surface area contributed by atoms with E-state index in [1.165, 1.54) is 45.4 Å². The van der Waals surface area contributed by atoms with Crippen molar-refractivity contribution >= 4 is 24.8 Å². The maximum Gasteiger partial charge on any atom is 0.127 e. The molecule has 0 radical (unpaired) electrons. The lowest BCUT2D eigenvalue weighted by atomic mass is 9.78. The fourth-order valence-electron chi connectivity index (χ4n) is 4.16. The summed E-state index contributed by atoms with van der Waals surface area (Å²) in [7, 11) is 1.70. The van der Waals surface area contributed by atoms with Gasteiger partial charge in [0.1, 0.15) is 11.6 Å². The molecule has 144 valence electrons. The summed E-state index contributed by atoms with van der Waals surface area (Å²) in [6.07, 6.45) is 7.91. The van der Waals surface area contributed by atoms with E-state index in [9.17, 15) is 0 Å². The van der Waals surface area contributed by atoms with Crippen LogP contribution >= 0.6 is 24.8 Å². The molecule has 4 rings (SSSR count). The van der Waals surface area contributed by atoms with Crippen LogP contribution in [0.3, 0.4) is 0 Å². The lowest BCUT2D eigenvalue weighted by Crippen LogP contribution is -2.38. The second-order valence-corrected chi connectivity index (χ2v) is 7.12. The quantitative estimate of drug-likeness (QED) is 0.857. The monoisotopic (exact) mass is 398 g/mol. The largest absolute Gasteiger partial charge is 0.497 e. The van der Waals surface area contributed by atoms with Gasteiger partial charge >= 0.3 is 0 Å². The van der Waals surface area contributed by atoms with Crippen LogP contribution in [0.1, 0.15) is 25.1 Å². The van der Waals surface area contributed by atoms with Gasteiger partial charge in [-0.1, -0.05) is 0 Å². The topological polar surface area (TPSA) is 42.3 Å². The van der Waals surface area contributed by atoms with E-state index in [1.54, 1.807) is 7.11 Å². The molecule has 0 saturated carbocycles. The van der Waals surface area contributed by atoms with Gasteiger partial charge in [0, 0.05) is 24.6 Å². The van der Waals surface area contributed by atoms with Crippen LogP contribution in [0.4, 0.5) is 0 Å². The number of imidazole rings is 1. The molecule has 2 aliphatic rings. The van der Waals surface area contributed by atoms with Crippen molar-refractivity contribution in [1.82, 2.24) is 19.8 Å². The number of nitrogens with zero attached hydrogens (tertiary/aromatic N) is 3. The molecule has 2 saturated heterocycles. The number of hydrogen-bond acceptors (Lipinski definition) is 4. The van der Waals surface area contributed by atoms with Crippen LogP contribution < -0.4 is 10.1 Å². The molecule has 2 aliphatic heterocycles. The maximum atomic E-state index is 5.25. The summed E-state index contributed by atoms with van der Waals surface area (Å²) in [4.78, 5) is 7.19. The van der Waals surface area contributed by atoms with Crippen molar-refractivity contribution in [3.05, 3.63) is 42.5 Å². The van der Waals surface area contributed by atoms with Crippen molar-refractivity contribution < 1.29 is 4.74 Å². The fourth-order valence-corrected chi connectivity index (χ4v) is 4.16. The third-order valence-electron chi connectivity index (χ3n) is 5.61. The highest BCUT2D eigenvalue weighted by molar-refractivity contribution is 5.85. The highest BCUT2D eigenvalue weighted by Gasteiger charge is 2.38. The van der Waals surface area contributed by atoms with Crippen LogP contribution in [-0.2, 0) is 6.54 Å². The van der Waals surface area contributed by atoms with Gasteiger partial charge in [0.05, 0.1) is 13.7 Å². The molecule has 0 aliphatic carbocycles. The van der Waals surface area contributed by atoms with Crippen LogP contribution in [0.25, 0.3) is 5.69 Å². The third kappa shape index (κ3) is 4.34. The lowest BCUT2D eigenvalue weighted by molar-refractivity contribution is 0.192. The van der Waals surface area contributed by atoms with Gasteiger partial charge < -0.3 is 14.6 Å². The molecule has 1 aromatic carbocycles. The van der Waals surface area contributed by atoms with Crippen molar-refractivity contribution in [3.63, 3.8) is 0 Å². The van der Waals surface area contributed by atoms with E-state index in [1.807, 2.05) is 24.5 Å². The van der Waals surface area contributed by atoms with Crippen molar-refractivity contribution in [1.29, 1.82) is 0 Å². The zero-order valence-electron chi connectivity index (χ0n) is 15.2. The Hall–Kier alpha value is -1.27. The number of rotatable bonds is 4. The Morgan fingerprint density at radius 3 is 2.54 bits per heavy atom. The van der Waals surface area contributed by atoms with Gasteiger partial charge in [-0.15, -0.1) is 24.8 Å². The Morgan fingerprint density at radius 1 is 1.12 bits per heavy atom. The molecule has 2 aromatic rings. The Labute approximate surface area is 167 Å². The van der Waals surface area contributed by atoms with Crippen LogP contribution in [0.5, 0.6) is 5.75 Å². The molecule has 5 nitrogen and oxygen atoms in total. The molecule has 0 amide bonds. The first-order chi connectivity index (χ1) is 11.8. The van der Waals surface area contributed by atoms with Gasteiger partial charge in [0.2, 0.25) is 0 Å². The van der Waals surface area contributed by atoms with E-state index in [0.717, 1.165) is 23.8 Å². The second-order valence-electron chi connectivity index (χ2n) is 7.12. The molecular formula is C19H28Cl2N4O. The summed E-state index contributed by atoms with van der Waals surface area (Å²) >= 11 is 0. The Kier molecular flexibility index (Phi) is 7.35. The van der Waals surface area contributed by atoms with Crippen LogP contribution in [0.2, 0.25) is 0 Å². The standard InChI is InChI=1S/C19H26N4O.2ClH/c1-24-17-4-2-16(3-5-17)23-13-11-21-18(23)14-22-12-8-19(15-22)6-9-20-10-7-19;;/h2-5,11,13,20H,6-10,12,14-15H2,1H3;2*1H. The first-order valence-electron chi connectivity index (χ1n) is 8.88. The van der Waals surface area contributed by atoms with Crippen molar-refractivity contribution in [2.45, 2.75) is 25.8 Å². The number of piperidine rings is 1. The molecule has 0 atom stereocenters. The number of methoxy groups -OCH3 is 1. The summed E-state index contributed by atoms with van der Waals surface area (Å²) in [6.45, 7) is 5.68. The smallest absolute Gasteiger partial charge is 0.127 e. The number of ether oxygens (including phenoxy) is 1. The SMILES string of the molecule is COc1ccc(-n2ccnc2CN2CCC3(CCNCC3)C2)cc1.Cl.Cl. The van der Waals surface area contributed by atoms with Crippen LogP contribution in [0, 0.1) is 5.41 Å². The molecule has 26 heavy (non-hydrogen) atoms. The Morgan fingerprint density at radius 2 is 1.85 bits per heavy atom. The van der Waals surface area contributed by atoms with Crippen LogP contribution in [0.15, 0.2) is 36.7 Å². The van der Waals surface area contributed by atoms with Crippen molar-refractivity contribution in [3.8, 4) is 11.4 Å². The molecule has 0 unspecified atom stereocenters. The molecule has 1 spiro atoms. The molecule has 0 bridgehead atoms. The average molecular weight is 399 g/mol. The minimum absolute atomic E-state index is 0. The second kappa shape index (κ2) is 9.09. The Balaban J connectivity index is 0.00000121. The van der Waals surface area contributed by atoms with Gasteiger partial charge in [0.25, 0.3) is 0 Å². The fraction of sp³-hybridized carbons (Fsp3) is 0.526. The van der Waals surface area contributed by atoms with Crippen LogP contribution in [-0.4, -0.2) is 47.7 Å². The summed E-state index contributed by atoms with van der Waals surface area (Å²) in [5.74, 6) is 2.00. The molecule has 1 N–H and O–H groups in total. The average Bonchev–Trinajstić information content (AvgIpc) is 3.24. The summed E-state index contributed by atoms with van der Waals surface area (Å²) in [6, 6.07) is 8.17. The van der Waals surface area contributed by atoms with Gasteiger partial charge in [-0.2, -0.15) is 0 Å². The van der Waals surface area contributed by atoms with Gasteiger partial charge in [-0.3, -0.25) is 4.90 Å². The predicted molar refractivity (Wildman–Crippen MR) is 109 cm³/mol. The normalized spacial score (nSPS) is 19.0. The highest BCUT2D eigenvalue weighted by atomic mass is 35.5. The summed E-state index contributed by atoms with van der Waals surface area (Å²) in [5.41, 5.74) is 1.68. The Bertz CT molecular complexity index is 683. The first kappa shape index (κ1) is 21.0. The number of halogens is 2. The molecular weight excluding hydrogens is 371 g/mol. The van der Waals surface area contributed by atoms with Gasteiger partial charge in [0.15, 0.2) is 0 Å². The minimum Gasteiger partial charge on any atom is -0.497 e. The first-order valence-corrected chi connectivity index (χ1v) is 8.88. The van der Waals surface area contributed by atoms with E-state index in [2.05, 4.69) is 31.9 Å². The molecule has 1 aromatic heterocycles. The molecule has 3 heterocycles. The number of benzene rings is 1. The number of likely N-dealkylation sites (tertiary alicyclic amines) is 1. The van der Waals surface area contributed by atoms with E-state index in [0.29, 0.717) is 5.41 Å². The maximum absolute atomic E-state index is 5.25. The minimum atomic E-state index is 0. The molecule has 7 heteroatoms. The van der Waals surface area contributed by atoms with E-state index < -0.39 is 0 Å². The van der Waals surface area contributed by atoms with Crippen molar-refractivity contribution in [2.75, 3.05) is 33.3 Å². The summed E-state index contributed by atoms with van der Waals surface area (Å²) < 4.78 is 7.44. The zero-order chi connectivity index (χ0) is 16.4. The lowest BCUT2D eigenvalue weighted by Gasteiger charge is -2.33. The predicted octanol–water partition coefficient (Wildman–Crippen LogP) is 3.30.